The number of sulfone groups is 1. The van der Waals surface area contributed by atoms with E-state index in [0.717, 1.165) is 19.1 Å². The Morgan fingerprint density at radius 2 is 1.56 bits per heavy atom. The number of anilines is 2. The third kappa shape index (κ3) is 9.56. The number of amides is 3. The number of benzene rings is 4. The Morgan fingerprint density at radius 1 is 0.915 bits per heavy atom. The molecule has 4 N–H and O–H groups in total. The van der Waals surface area contributed by atoms with Gasteiger partial charge >= 0.3 is 6.18 Å². The fraction of sp³-hybridized carbons (Fsp3) is 0.250. The molecular formula is C40H35F4N7O7S. The molecule has 0 aliphatic carbocycles. The number of nitriles is 1. The fourth-order valence-electron chi connectivity index (χ4n) is 6.48. The molecule has 1 atom stereocenters. The molecule has 1 saturated heterocycles. The Kier molecular flexibility index (Phi) is 11.9. The van der Waals surface area contributed by atoms with Gasteiger partial charge in [0.2, 0.25) is 5.91 Å². The Morgan fingerprint density at radius 3 is 2.22 bits per heavy atom. The van der Waals surface area contributed by atoms with Gasteiger partial charge in [0.25, 0.3) is 17.4 Å². The van der Waals surface area contributed by atoms with E-state index in [9.17, 15) is 50.3 Å². The number of hydrogen-bond donors (Lipinski definition) is 4. The lowest BCUT2D eigenvalue weighted by Crippen LogP contribution is -2.51. The van der Waals surface area contributed by atoms with E-state index in [1.165, 1.54) is 52.3 Å². The molecule has 0 saturated carbocycles. The number of piperazine rings is 1. The summed E-state index contributed by atoms with van der Waals surface area (Å²) in [5, 5.41) is 32.4. The zero-order chi connectivity index (χ0) is 42.7. The van der Waals surface area contributed by atoms with E-state index in [4.69, 9.17) is 5.26 Å². The van der Waals surface area contributed by atoms with Gasteiger partial charge in [-0.25, -0.2) is 17.9 Å². The number of carbonyl (C=O) groups excluding carboxylic acids is 3. The SMILES string of the molecule is CC(O)(CS(=O)(=O)c1ccc(NCC(=O)N2CCN(C(=O)c3cc(Cc4n[nH]c(=O)c5ccccc45)ccc3F)CC2)cc1)C(=O)Nc1ccc(C#N)c(C(F)(F)F)c1. The van der Waals surface area contributed by atoms with Crippen molar-refractivity contribution in [3.05, 3.63) is 129 Å². The second kappa shape index (κ2) is 16.7. The third-order valence-electron chi connectivity index (χ3n) is 9.65. The minimum absolute atomic E-state index is 0.136. The monoisotopic (exact) mass is 833 g/mol. The number of H-pyrrole nitrogens is 1. The van der Waals surface area contributed by atoms with Gasteiger partial charge in [-0.3, -0.25) is 19.2 Å². The minimum atomic E-state index is -4.91. The van der Waals surface area contributed by atoms with E-state index in [-0.39, 0.29) is 61.1 Å². The standard InChI is InChI=1S/C40H35F4N7O7S/c1-39(56,38(55)47-27-8-7-25(21-45)32(20-27)40(42,43)44)23-59(57,58)28-11-9-26(10-12-28)46-22-35(52)50-14-16-51(17-15-50)37(54)31-18-24(6-13-33(31)41)19-34-29-4-2-3-5-30(29)36(53)49-48-34/h2-13,18,20,46,56H,14-17,19,22-23H2,1H3,(H,47,55)(H,49,53). The van der Waals surface area contributed by atoms with Gasteiger partial charge in [0.15, 0.2) is 15.4 Å². The van der Waals surface area contributed by atoms with Crippen molar-refractivity contribution in [2.24, 2.45) is 0 Å². The summed E-state index contributed by atoms with van der Waals surface area (Å²) < 4.78 is 81.2. The van der Waals surface area contributed by atoms with Gasteiger partial charge in [-0.05, 0) is 73.2 Å². The van der Waals surface area contributed by atoms with E-state index in [2.05, 4.69) is 20.8 Å². The number of aromatic amines is 1. The molecule has 1 aliphatic heterocycles. The van der Waals surface area contributed by atoms with Crippen molar-refractivity contribution in [3.8, 4) is 6.07 Å². The van der Waals surface area contributed by atoms with Gasteiger partial charge in [0.05, 0.1) is 51.0 Å². The largest absolute Gasteiger partial charge is 0.417 e. The molecule has 3 amide bonds. The number of hydrogen-bond acceptors (Lipinski definition) is 10. The molecule has 59 heavy (non-hydrogen) atoms. The topological polar surface area (TPSA) is 206 Å². The van der Waals surface area contributed by atoms with Gasteiger partial charge < -0.3 is 25.5 Å². The zero-order valence-electron chi connectivity index (χ0n) is 31.1. The number of halogens is 4. The summed E-state index contributed by atoms with van der Waals surface area (Å²) in [6.07, 6.45) is -4.68. The van der Waals surface area contributed by atoms with Crippen LogP contribution in [0.3, 0.4) is 0 Å². The predicted octanol–water partition coefficient (Wildman–Crippen LogP) is 4.10. The highest BCUT2D eigenvalue weighted by Crippen LogP contribution is 2.34. The zero-order valence-corrected chi connectivity index (χ0v) is 32.0. The van der Waals surface area contributed by atoms with Crippen LogP contribution in [0.25, 0.3) is 10.8 Å². The highest BCUT2D eigenvalue weighted by molar-refractivity contribution is 7.91. The number of aliphatic hydroxyl groups is 1. The van der Waals surface area contributed by atoms with Crippen molar-refractivity contribution in [3.63, 3.8) is 0 Å². The molecule has 0 bridgehead atoms. The maximum Gasteiger partial charge on any atom is 0.417 e. The molecule has 6 rings (SSSR count). The molecule has 0 radical (unpaired) electrons. The number of alkyl halides is 3. The number of nitrogens with zero attached hydrogens (tertiary/aromatic N) is 4. The maximum atomic E-state index is 14.9. The van der Waals surface area contributed by atoms with Gasteiger partial charge in [0, 0.05) is 49.4 Å². The molecular weight excluding hydrogens is 799 g/mol. The summed E-state index contributed by atoms with van der Waals surface area (Å²) in [5.41, 5.74) is -3.96. The van der Waals surface area contributed by atoms with Crippen molar-refractivity contribution in [2.45, 2.75) is 30.0 Å². The predicted molar refractivity (Wildman–Crippen MR) is 206 cm³/mol. The average Bonchev–Trinajstić information content (AvgIpc) is 3.21. The number of rotatable bonds is 11. The van der Waals surface area contributed by atoms with Crippen LogP contribution in [0, 0.1) is 17.1 Å². The van der Waals surface area contributed by atoms with E-state index >= 15 is 0 Å². The van der Waals surface area contributed by atoms with Crippen LogP contribution >= 0.6 is 0 Å². The van der Waals surface area contributed by atoms with E-state index in [1.807, 2.05) is 0 Å². The molecule has 0 spiro atoms. The first-order chi connectivity index (χ1) is 27.9. The molecule has 14 nitrogen and oxygen atoms in total. The van der Waals surface area contributed by atoms with Crippen LogP contribution in [0.2, 0.25) is 0 Å². The third-order valence-corrected chi connectivity index (χ3v) is 11.6. The minimum Gasteiger partial charge on any atom is -0.379 e. The van der Waals surface area contributed by atoms with E-state index < -0.39 is 61.8 Å². The van der Waals surface area contributed by atoms with Crippen LogP contribution in [0.5, 0.6) is 0 Å². The second-order valence-corrected chi connectivity index (χ2v) is 15.9. The number of nitrogens with one attached hydrogen (secondary N) is 3. The van der Waals surface area contributed by atoms with Gasteiger partial charge in [0.1, 0.15) is 5.82 Å². The fourth-order valence-corrected chi connectivity index (χ4v) is 8.07. The Labute approximate surface area is 334 Å². The lowest BCUT2D eigenvalue weighted by molar-refractivity contribution is -0.138. The highest BCUT2D eigenvalue weighted by Gasteiger charge is 2.38. The van der Waals surface area contributed by atoms with Crippen LogP contribution in [-0.2, 0) is 32.0 Å². The van der Waals surface area contributed by atoms with Crippen LogP contribution in [-0.4, -0.2) is 95.3 Å². The second-order valence-electron chi connectivity index (χ2n) is 13.9. The van der Waals surface area contributed by atoms with Gasteiger partial charge in [-0.15, -0.1) is 0 Å². The van der Waals surface area contributed by atoms with Crippen LogP contribution < -0.4 is 16.2 Å². The first-order valence-corrected chi connectivity index (χ1v) is 19.5. The number of aromatic nitrogens is 2. The first-order valence-electron chi connectivity index (χ1n) is 17.9. The molecule has 2 heterocycles. The highest BCUT2D eigenvalue weighted by atomic mass is 32.2. The summed E-state index contributed by atoms with van der Waals surface area (Å²) in [5.74, 6) is -4.00. The Balaban J connectivity index is 1.00. The molecule has 4 aromatic carbocycles. The van der Waals surface area contributed by atoms with Crippen molar-refractivity contribution >= 4 is 49.7 Å². The maximum absolute atomic E-state index is 14.9. The van der Waals surface area contributed by atoms with E-state index in [0.29, 0.717) is 33.8 Å². The average molecular weight is 834 g/mol. The molecule has 1 unspecified atom stereocenters. The lowest BCUT2D eigenvalue weighted by Gasteiger charge is -2.35. The summed E-state index contributed by atoms with van der Waals surface area (Å²) in [7, 11) is -4.33. The lowest BCUT2D eigenvalue weighted by atomic mass is 10.0. The number of carbonyl (C=O) groups is 3. The van der Waals surface area contributed by atoms with Crippen molar-refractivity contribution in [1.82, 2.24) is 20.0 Å². The quantitative estimate of drug-likeness (QED) is 0.140. The Hall–Kier alpha value is -6.65. The summed E-state index contributed by atoms with van der Waals surface area (Å²) in [6, 6.07) is 20.0. The molecule has 5 aromatic rings. The smallest absolute Gasteiger partial charge is 0.379 e. The number of fused-ring (bicyclic) bond motifs is 1. The van der Waals surface area contributed by atoms with Gasteiger partial charge in [-0.1, -0.05) is 24.3 Å². The van der Waals surface area contributed by atoms with Crippen LogP contribution in [0.4, 0.5) is 28.9 Å². The molecule has 306 valence electrons. The van der Waals surface area contributed by atoms with Crippen molar-refractivity contribution < 1.29 is 45.5 Å². The van der Waals surface area contributed by atoms with Gasteiger partial charge in [-0.2, -0.15) is 23.5 Å². The van der Waals surface area contributed by atoms with Crippen LogP contribution in [0.15, 0.2) is 94.6 Å². The van der Waals surface area contributed by atoms with E-state index in [1.54, 1.807) is 30.3 Å². The summed E-state index contributed by atoms with van der Waals surface area (Å²) >= 11 is 0. The molecule has 1 fully saturated rings. The normalized spacial score (nSPS) is 14.3. The van der Waals surface area contributed by atoms with Crippen molar-refractivity contribution in [2.75, 3.05) is 49.1 Å². The Bertz CT molecular complexity index is 2650. The summed E-state index contributed by atoms with van der Waals surface area (Å²) in [4.78, 5) is 54.0. The molecule has 19 heteroatoms. The molecule has 1 aliphatic rings. The van der Waals surface area contributed by atoms with Crippen LogP contribution in [0.1, 0.15) is 39.7 Å². The molecule has 1 aromatic heterocycles. The first kappa shape index (κ1) is 42.0. The van der Waals surface area contributed by atoms with Crippen molar-refractivity contribution in [1.29, 1.82) is 5.26 Å². The summed E-state index contributed by atoms with van der Waals surface area (Å²) in [6.45, 7) is 1.30.